The van der Waals surface area contributed by atoms with Gasteiger partial charge in [-0.15, -0.1) is 0 Å². The highest BCUT2D eigenvalue weighted by atomic mass is 16.3. The van der Waals surface area contributed by atoms with Crippen LogP contribution in [0.5, 0.6) is 0 Å². The molecule has 2 atom stereocenters. The summed E-state index contributed by atoms with van der Waals surface area (Å²) >= 11 is 0. The minimum absolute atomic E-state index is 0.161. The van der Waals surface area contributed by atoms with Gasteiger partial charge in [-0.3, -0.25) is 4.79 Å². The van der Waals surface area contributed by atoms with Gasteiger partial charge in [-0.1, -0.05) is 51.3 Å². The van der Waals surface area contributed by atoms with Crippen LogP contribution in [0.2, 0.25) is 0 Å². The van der Waals surface area contributed by atoms with Crippen molar-refractivity contribution in [3.63, 3.8) is 0 Å². The number of aromatic amines is 1. The molecule has 0 saturated heterocycles. The number of rotatable bonds is 13. The molecule has 172 valence electrons. The van der Waals surface area contributed by atoms with E-state index < -0.39 is 0 Å². The molecule has 3 nitrogen and oxygen atoms in total. The summed E-state index contributed by atoms with van der Waals surface area (Å²) in [6, 6.07) is 2.14. The summed E-state index contributed by atoms with van der Waals surface area (Å²) < 4.78 is 0. The number of carbonyl (C=O) groups is 1. The van der Waals surface area contributed by atoms with Gasteiger partial charge in [0.05, 0.1) is 6.10 Å². The number of H-pyrrole nitrogens is 1. The quantitative estimate of drug-likeness (QED) is 0.329. The number of ketones is 1. The molecule has 2 fully saturated rings. The molecular weight excluding hydrogens is 382 g/mol. The molecule has 0 bridgehead atoms. The summed E-state index contributed by atoms with van der Waals surface area (Å²) in [5.74, 6) is 0.979. The van der Waals surface area contributed by atoms with Gasteiger partial charge in [-0.25, -0.2) is 0 Å². The molecule has 3 heteroatoms. The Morgan fingerprint density at radius 3 is 2.58 bits per heavy atom. The van der Waals surface area contributed by atoms with E-state index in [1.165, 1.54) is 48.9 Å². The molecule has 3 rings (SSSR count). The Balaban J connectivity index is 1.60. The van der Waals surface area contributed by atoms with Gasteiger partial charge in [0, 0.05) is 24.2 Å². The standard InChI is InChI=1S/C28H43NO2/c1-4-9-22(24-16-20-29-21(24)3)15-17-28(18-19-28)25(10-5-2)27(31)14-13-26(30)23-11-7-6-8-12-23/h4,9,16,20,23,25-26,29-30H,1,5-8,10-15,17-19H2,2-3H3/b22-9-/t25-,26-/m1/s1. The molecule has 0 aromatic carbocycles. The summed E-state index contributed by atoms with van der Waals surface area (Å²) in [7, 11) is 0. The number of hydrogen-bond donors (Lipinski definition) is 2. The van der Waals surface area contributed by atoms with Crippen LogP contribution in [0.3, 0.4) is 0 Å². The van der Waals surface area contributed by atoms with Crippen molar-refractivity contribution in [2.24, 2.45) is 17.3 Å². The molecule has 0 unspecified atom stereocenters. The number of carbonyl (C=O) groups excluding carboxylic acids is 1. The maximum absolute atomic E-state index is 13.3. The van der Waals surface area contributed by atoms with Gasteiger partial charge in [0.2, 0.25) is 0 Å². The van der Waals surface area contributed by atoms with Crippen LogP contribution < -0.4 is 0 Å². The lowest BCUT2D eigenvalue weighted by Crippen LogP contribution is -2.28. The maximum atomic E-state index is 13.3. The fourth-order valence-electron chi connectivity index (χ4n) is 5.88. The van der Waals surface area contributed by atoms with Gasteiger partial charge in [-0.05, 0) is 86.8 Å². The average Bonchev–Trinajstić information content (AvgIpc) is 3.45. The molecule has 0 amide bonds. The first-order chi connectivity index (χ1) is 15.0. The Kier molecular flexibility index (Phi) is 8.77. The number of aliphatic hydroxyl groups is 1. The first-order valence-electron chi connectivity index (χ1n) is 12.7. The number of aryl methyl sites for hydroxylation is 1. The normalized spacial score (nSPS) is 20.9. The predicted octanol–water partition coefficient (Wildman–Crippen LogP) is 7.16. The molecular formula is C28H43NO2. The zero-order valence-corrected chi connectivity index (χ0v) is 19.8. The first-order valence-corrected chi connectivity index (χ1v) is 12.7. The van der Waals surface area contributed by atoms with Crippen molar-refractivity contribution in [3.8, 4) is 0 Å². The first kappa shape index (κ1) is 24.0. The van der Waals surface area contributed by atoms with Crippen LogP contribution in [0.1, 0.15) is 102 Å². The molecule has 1 aromatic rings. The smallest absolute Gasteiger partial charge is 0.136 e. The topological polar surface area (TPSA) is 53.1 Å². The molecule has 0 spiro atoms. The number of aromatic nitrogens is 1. The van der Waals surface area contributed by atoms with Crippen LogP contribution in [0.15, 0.2) is 31.0 Å². The van der Waals surface area contributed by atoms with Crippen molar-refractivity contribution in [2.75, 3.05) is 0 Å². The minimum Gasteiger partial charge on any atom is -0.393 e. The molecule has 2 saturated carbocycles. The second-order valence-corrected chi connectivity index (χ2v) is 10.1. The van der Waals surface area contributed by atoms with Gasteiger partial charge < -0.3 is 10.1 Å². The van der Waals surface area contributed by atoms with Crippen molar-refractivity contribution in [1.82, 2.24) is 4.98 Å². The van der Waals surface area contributed by atoms with Gasteiger partial charge in [0.15, 0.2) is 0 Å². The maximum Gasteiger partial charge on any atom is 0.136 e. The molecule has 0 aliphatic heterocycles. The van der Waals surface area contributed by atoms with E-state index in [2.05, 4.69) is 37.6 Å². The SMILES string of the molecule is C=C/C=C(/CCC1([C@H](CCC)C(=O)CC[C@@H](O)C2CCCCC2)CC1)c1cc[nH]c1C. The molecule has 31 heavy (non-hydrogen) atoms. The van der Waals surface area contributed by atoms with Crippen LogP contribution in [-0.2, 0) is 4.79 Å². The zero-order chi connectivity index (χ0) is 22.3. The summed E-state index contributed by atoms with van der Waals surface area (Å²) in [6.07, 6.45) is 19.4. The van der Waals surface area contributed by atoms with Crippen molar-refractivity contribution >= 4 is 11.4 Å². The van der Waals surface area contributed by atoms with E-state index in [1.807, 2.05) is 12.3 Å². The number of nitrogens with one attached hydrogen (secondary N) is 1. The van der Waals surface area contributed by atoms with Gasteiger partial charge in [0.1, 0.15) is 5.78 Å². The predicted molar refractivity (Wildman–Crippen MR) is 130 cm³/mol. The van der Waals surface area contributed by atoms with Gasteiger partial charge in [0.25, 0.3) is 0 Å². The Bertz CT molecular complexity index is 749. The van der Waals surface area contributed by atoms with E-state index in [4.69, 9.17) is 0 Å². The van der Waals surface area contributed by atoms with E-state index in [-0.39, 0.29) is 17.4 Å². The average molecular weight is 426 g/mol. The second-order valence-electron chi connectivity index (χ2n) is 10.1. The third kappa shape index (κ3) is 6.22. The van der Waals surface area contributed by atoms with Crippen molar-refractivity contribution in [1.29, 1.82) is 0 Å². The van der Waals surface area contributed by atoms with Crippen LogP contribution in [-0.4, -0.2) is 22.0 Å². The molecule has 1 aromatic heterocycles. The monoisotopic (exact) mass is 425 g/mol. The lowest BCUT2D eigenvalue weighted by atomic mass is 9.76. The highest BCUT2D eigenvalue weighted by Crippen LogP contribution is 2.58. The number of hydrogen-bond acceptors (Lipinski definition) is 2. The van der Waals surface area contributed by atoms with E-state index in [1.54, 1.807) is 0 Å². The lowest BCUT2D eigenvalue weighted by molar-refractivity contribution is -0.126. The largest absolute Gasteiger partial charge is 0.393 e. The number of allylic oxidation sites excluding steroid dienone is 3. The Morgan fingerprint density at radius 2 is 2.00 bits per heavy atom. The highest BCUT2D eigenvalue weighted by molar-refractivity contribution is 5.82. The minimum atomic E-state index is -0.291. The van der Waals surface area contributed by atoms with E-state index >= 15 is 0 Å². The third-order valence-corrected chi connectivity index (χ3v) is 7.99. The van der Waals surface area contributed by atoms with Gasteiger partial charge >= 0.3 is 0 Å². The number of Topliss-reactive ketones (excluding diaryl/α,β-unsaturated/α-hetero) is 1. The number of aliphatic hydroxyl groups excluding tert-OH is 1. The van der Waals surface area contributed by atoms with Crippen LogP contribution in [0, 0.1) is 24.2 Å². The third-order valence-electron chi connectivity index (χ3n) is 7.99. The van der Waals surface area contributed by atoms with Gasteiger partial charge in [-0.2, -0.15) is 0 Å². The summed E-state index contributed by atoms with van der Waals surface area (Å²) in [6.45, 7) is 8.21. The molecule has 2 aliphatic carbocycles. The molecule has 1 heterocycles. The van der Waals surface area contributed by atoms with Crippen molar-refractivity contribution < 1.29 is 9.90 Å². The second kappa shape index (κ2) is 11.3. The van der Waals surface area contributed by atoms with E-state index in [0.717, 1.165) is 38.5 Å². The van der Waals surface area contributed by atoms with Crippen LogP contribution in [0.25, 0.3) is 5.57 Å². The Morgan fingerprint density at radius 1 is 1.26 bits per heavy atom. The fourth-order valence-corrected chi connectivity index (χ4v) is 5.88. The zero-order valence-electron chi connectivity index (χ0n) is 19.8. The molecule has 0 radical (unpaired) electrons. The van der Waals surface area contributed by atoms with Crippen molar-refractivity contribution in [3.05, 3.63) is 42.3 Å². The highest BCUT2D eigenvalue weighted by Gasteiger charge is 2.50. The molecule has 2 N–H and O–H groups in total. The Hall–Kier alpha value is -1.61. The molecule has 2 aliphatic rings. The fraction of sp³-hybridized carbons (Fsp3) is 0.679. The Labute approximate surface area is 189 Å². The lowest BCUT2D eigenvalue weighted by Gasteiger charge is -2.29. The summed E-state index contributed by atoms with van der Waals surface area (Å²) in [5.41, 5.74) is 3.95. The van der Waals surface area contributed by atoms with Crippen LogP contribution >= 0.6 is 0 Å². The van der Waals surface area contributed by atoms with E-state index in [0.29, 0.717) is 24.5 Å². The van der Waals surface area contributed by atoms with Crippen LogP contribution in [0.4, 0.5) is 0 Å². The summed E-state index contributed by atoms with van der Waals surface area (Å²) in [5, 5.41) is 10.6. The summed E-state index contributed by atoms with van der Waals surface area (Å²) in [4.78, 5) is 16.6. The van der Waals surface area contributed by atoms with Crippen molar-refractivity contribution in [2.45, 2.75) is 103 Å². The van der Waals surface area contributed by atoms with E-state index in [9.17, 15) is 9.90 Å².